The number of hydrogen-bond donors (Lipinski definition) is 0. The molecule has 6 nitrogen and oxygen atoms in total. The van der Waals surface area contributed by atoms with E-state index in [1.165, 1.54) is 21.5 Å². The summed E-state index contributed by atoms with van der Waals surface area (Å²) in [6.45, 7) is 5.47. The van der Waals surface area contributed by atoms with Crippen LogP contribution in [0.1, 0.15) is 36.6 Å². The minimum atomic E-state index is 0.0792. The van der Waals surface area contributed by atoms with Gasteiger partial charge in [0.25, 0.3) is 0 Å². The summed E-state index contributed by atoms with van der Waals surface area (Å²) in [7, 11) is 3.43. The van der Waals surface area contributed by atoms with Crippen molar-refractivity contribution < 1.29 is 9.47 Å². The molecule has 2 aromatic heterocycles. The maximum absolute atomic E-state index is 5.42. The van der Waals surface area contributed by atoms with E-state index >= 15 is 0 Å². The van der Waals surface area contributed by atoms with Gasteiger partial charge < -0.3 is 18.6 Å². The summed E-state index contributed by atoms with van der Waals surface area (Å²) >= 11 is 0. The van der Waals surface area contributed by atoms with E-state index in [4.69, 9.17) is 9.47 Å². The first-order chi connectivity index (χ1) is 19.6. The van der Waals surface area contributed by atoms with E-state index in [1.807, 2.05) is 35.4 Å². The topological polar surface area (TPSA) is 54.1 Å². The molecular formula is C34H30N4O2. The van der Waals surface area contributed by atoms with E-state index in [9.17, 15) is 0 Å². The molecule has 0 spiro atoms. The van der Waals surface area contributed by atoms with E-state index in [0.717, 1.165) is 33.5 Å². The van der Waals surface area contributed by atoms with Gasteiger partial charge in [-0.05, 0) is 70.1 Å². The lowest BCUT2D eigenvalue weighted by Crippen LogP contribution is -2.15. The van der Waals surface area contributed by atoms with Gasteiger partial charge in [-0.1, -0.05) is 48.2 Å². The Balaban J connectivity index is 1.43. The minimum Gasteiger partial charge on any atom is -0.380 e. The first-order valence-electron chi connectivity index (χ1n) is 13.4. The van der Waals surface area contributed by atoms with Crippen molar-refractivity contribution in [3.8, 4) is 23.7 Å². The molecule has 0 N–H and O–H groups in total. The lowest BCUT2D eigenvalue weighted by atomic mass is 9.90. The minimum absolute atomic E-state index is 0.0792. The van der Waals surface area contributed by atoms with Gasteiger partial charge in [0.2, 0.25) is 0 Å². The van der Waals surface area contributed by atoms with E-state index < -0.39 is 0 Å². The maximum atomic E-state index is 5.42. The van der Waals surface area contributed by atoms with Crippen molar-refractivity contribution >= 4 is 32.3 Å². The molecule has 0 saturated carbocycles. The number of nitrogens with zero attached hydrogens (tertiary/aromatic N) is 4. The van der Waals surface area contributed by atoms with E-state index in [1.54, 1.807) is 26.6 Å². The number of aromatic nitrogens is 4. The highest BCUT2D eigenvalue weighted by atomic mass is 16.5. The first-order valence-corrected chi connectivity index (χ1v) is 13.4. The molecule has 0 radical (unpaired) electrons. The molecule has 0 fully saturated rings. The van der Waals surface area contributed by atoms with Gasteiger partial charge in [-0.15, -0.1) is 0 Å². The first kappa shape index (κ1) is 25.6. The molecule has 0 aliphatic carbocycles. The van der Waals surface area contributed by atoms with Crippen LogP contribution in [0.2, 0.25) is 0 Å². The number of methoxy groups -OCH3 is 2. The molecule has 0 bridgehead atoms. The largest absolute Gasteiger partial charge is 0.380 e. The second kappa shape index (κ2) is 10.9. The molecule has 0 saturated heterocycles. The fourth-order valence-electron chi connectivity index (χ4n) is 5.13. The fraction of sp³-hybridized carbons (Fsp3) is 0.235. The van der Waals surface area contributed by atoms with Gasteiger partial charge in [-0.3, -0.25) is 0 Å². The zero-order chi connectivity index (χ0) is 27.6. The molecule has 6 rings (SSSR count). The van der Waals surface area contributed by atoms with Crippen LogP contribution in [0.15, 0.2) is 73.3 Å². The molecule has 6 aromatic rings. The Hall–Kier alpha value is -4.62. The normalized spacial score (nSPS) is 12.8. The summed E-state index contributed by atoms with van der Waals surface area (Å²) < 4.78 is 14.9. The van der Waals surface area contributed by atoms with Gasteiger partial charge in [0.1, 0.15) is 0 Å². The summed E-state index contributed by atoms with van der Waals surface area (Å²) in [5.41, 5.74) is 1.95. The standard InChI is InChI=1S/C34H30N4O2/c1-23(39-3)21-37-19-17-35-31(37)15-11-25-5-7-27-10-14-30-26(6-8-28-9-13-29(25)33(27)34(28)30)12-16-32-36-18-20-38(32)22-24(2)40-4/h5-10,13-14,17-20,23-24H,21-22H2,1-4H3. The summed E-state index contributed by atoms with van der Waals surface area (Å²) in [6, 6.07) is 17.2. The van der Waals surface area contributed by atoms with Crippen LogP contribution in [0.25, 0.3) is 32.3 Å². The molecule has 2 heterocycles. The highest BCUT2D eigenvalue weighted by Gasteiger charge is 2.13. The number of imidazole rings is 2. The Morgan fingerprint density at radius 1 is 0.625 bits per heavy atom. The molecule has 0 aliphatic heterocycles. The Labute approximate surface area is 233 Å². The lowest BCUT2D eigenvalue weighted by Gasteiger charge is -2.13. The molecule has 0 amide bonds. The van der Waals surface area contributed by atoms with E-state index in [-0.39, 0.29) is 12.2 Å². The van der Waals surface area contributed by atoms with Gasteiger partial charge in [-0.2, -0.15) is 0 Å². The Morgan fingerprint density at radius 3 is 1.48 bits per heavy atom. The number of ether oxygens (including phenoxy) is 2. The van der Waals surface area contributed by atoms with Crippen molar-refractivity contribution in [1.29, 1.82) is 0 Å². The van der Waals surface area contributed by atoms with Crippen LogP contribution in [0.4, 0.5) is 0 Å². The quantitative estimate of drug-likeness (QED) is 0.202. The zero-order valence-electron chi connectivity index (χ0n) is 23.1. The van der Waals surface area contributed by atoms with Gasteiger partial charge in [0, 0.05) is 50.1 Å². The molecule has 40 heavy (non-hydrogen) atoms. The van der Waals surface area contributed by atoms with Crippen molar-refractivity contribution in [1.82, 2.24) is 19.1 Å². The third kappa shape index (κ3) is 4.80. The fourth-order valence-corrected chi connectivity index (χ4v) is 5.13. The monoisotopic (exact) mass is 526 g/mol. The second-order valence-electron chi connectivity index (χ2n) is 10.0. The van der Waals surface area contributed by atoms with Gasteiger partial charge in [0.15, 0.2) is 11.6 Å². The molecule has 2 atom stereocenters. The van der Waals surface area contributed by atoms with E-state index in [2.05, 4.69) is 82.2 Å². The van der Waals surface area contributed by atoms with Gasteiger partial charge >= 0.3 is 0 Å². The maximum Gasteiger partial charge on any atom is 0.185 e. The highest BCUT2D eigenvalue weighted by molar-refractivity contribution is 6.24. The number of rotatable bonds is 6. The average Bonchev–Trinajstić information content (AvgIpc) is 3.62. The highest BCUT2D eigenvalue weighted by Crippen LogP contribution is 2.37. The number of benzene rings is 4. The SMILES string of the molecule is COC(C)Cn1ccnc1C#Cc1ccc2ccc3c(C#Cc4nccn4CC(C)OC)ccc4ccc1c2c43. The summed E-state index contributed by atoms with van der Waals surface area (Å²) in [5.74, 6) is 14.8. The Bertz CT molecular complexity index is 1800. The zero-order valence-corrected chi connectivity index (χ0v) is 23.1. The molecule has 4 aromatic carbocycles. The third-order valence-corrected chi connectivity index (χ3v) is 7.43. The van der Waals surface area contributed by atoms with Crippen molar-refractivity contribution in [3.63, 3.8) is 0 Å². The lowest BCUT2D eigenvalue weighted by molar-refractivity contribution is 0.103. The Kier molecular flexibility index (Phi) is 6.97. The molecule has 6 heteroatoms. The van der Waals surface area contributed by atoms with Gasteiger partial charge in [-0.25, -0.2) is 9.97 Å². The predicted octanol–water partition coefficient (Wildman–Crippen LogP) is 5.85. The van der Waals surface area contributed by atoms with Crippen molar-refractivity contribution in [3.05, 3.63) is 96.1 Å². The number of hydrogen-bond acceptors (Lipinski definition) is 4. The van der Waals surface area contributed by atoms with Crippen LogP contribution in [0.3, 0.4) is 0 Å². The van der Waals surface area contributed by atoms with Crippen LogP contribution in [0, 0.1) is 23.7 Å². The molecule has 0 aliphatic rings. The van der Waals surface area contributed by atoms with Gasteiger partial charge in [0.05, 0.1) is 25.3 Å². The van der Waals surface area contributed by atoms with Crippen LogP contribution < -0.4 is 0 Å². The summed E-state index contributed by atoms with van der Waals surface area (Å²) in [5, 5.41) is 7.03. The van der Waals surface area contributed by atoms with Crippen molar-refractivity contribution in [2.45, 2.75) is 39.1 Å². The average molecular weight is 527 g/mol. The van der Waals surface area contributed by atoms with Crippen molar-refractivity contribution in [2.75, 3.05) is 14.2 Å². The Morgan fingerprint density at radius 2 is 1.05 bits per heavy atom. The molecule has 198 valence electrons. The smallest absolute Gasteiger partial charge is 0.185 e. The third-order valence-electron chi connectivity index (χ3n) is 7.43. The second-order valence-corrected chi connectivity index (χ2v) is 10.0. The van der Waals surface area contributed by atoms with E-state index in [0.29, 0.717) is 13.1 Å². The summed E-state index contributed by atoms with van der Waals surface area (Å²) in [6.07, 6.45) is 7.60. The summed E-state index contributed by atoms with van der Waals surface area (Å²) in [4.78, 5) is 8.93. The van der Waals surface area contributed by atoms with Crippen LogP contribution in [-0.4, -0.2) is 45.5 Å². The molecular weight excluding hydrogens is 496 g/mol. The van der Waals surface area contributed by atoms with Crippen molar-refractivity contribution in [2.24, 2.45) is 0 Å². The van der Waals surface area contributed by atoms with Crippen LogP contribution in [-0.2, 0) is 22.6 Å². The van der Waals surface area contributed by atoms with Crippen LogP contribution >= 0.6 is 0 Å². The molecule has 2 unspecified atom stereocenters. The predicted molar refractivity (Wildman–Crippen MR) is 160 cm³/mol. The van der Waals surface area contributed by atoms with Crippen LogP contribution in [0.5, 0.6) is 0 Å².